The van der Waals surface area contributed by atoms with Crippen LogP contribution in [0.5, 0.6) is 5.75 Å². The molecule has 25 heavy (non-hydrogen) atoms. The molecule has 1 N–H and O–H groups in total. The molecule has 0 unspecified atom stereocenters. The Balaban J connectivity index is 1.72. The number of methoxy groups -OCH3 is 1. The van der Waals surface area contributed by atoms with Crippen LogP contribution in [0.25, 0.3) is 11.1 Å². The standard InChI is InChI=1S/C20H23FN2O2/c1-25-18-13-16(21)7-8-17(18)15-9-10-22-19(12-15)23-20(24)11-14-5-3-2-4-6-14/h7-10,12-14H,2-6,11H2,1H3,(H,22,23,24). The van der Waals surface area contributed by atoms with Gasteiger partial charge in [-0.3, -0.25) is 4.79 Å². The highest BCUT2D eigenvalue weighted by atomic mass is 19.1. The molecule has 0 spiro atoms. The summed E-state index contributed by atoms with van der Waals surface area (Å²) in [5.41, 5.74) is 1.58. The van der Waals surface area contributed by atoms with E-state index in [1.165, 1.54) is 38.5 Å². The number of hydrogen-bond donors (Lipinski definition) is 1. The number of aromatic nitrogens is 1. The molecule has 1 aliphatic carbocycles. The van der Waals surface area contributed by atoms with Crippen LogP contribution in [0.15, 0.2) is 36.5 Å². The van der Waals surface area contributed by atoms with Gasteiger partial charge >= 0.3 is 0 Å². The van der Waals surface area contributed by atoms with Crippen LogP contribution in [0.4, 0.5) is 10.2 Å². The van der Waals surface area contributed by atoms with Crippen molar-refractivity contribution in [3.8, 4) is 16.9 Å². The van der Waals surface area contributed by atoms with Crippen molar-refractivity contribution < 1.29 is 13.9 Å². The summed E-state index contributed by atoms with van der Waals surface area (Å²) in [5, 5.41) is 2.88. The highest BCUT2D eigenvalue weighted by molar-refractivity contribution is 5.90. The zero-order chi connectivity index (χ0) is 17.6. The third-order valence-corrected chi connectivity index (χ3v) is 4.70. The van der Waals surface area contributed by atoms with Crippen molar-refractivity contribution in [1.82, 2.24) is 4.98 Å². The van der Waals surface area contributed by atoms with E-state index in [-0.39, 0.29) is 11.7 Å². The average Bonchev–Trinajstić information content (AvgIpc) is 2.62. The number of nitrogens with one attached hydrogen (secondary N) is 1. The van der Waals surface area contributed by atoms with Crippen LogP contribution in [-0.4, -0.2) is 18.0 Å². The molecule has 0 saturated heterocycles. The Kier molecular flexibility index (Phi) is 5.64. The molecule has 1 aromatic carbocycles. The molecule has 5 heteroatoms. The van der Waals surface area contributed by atoms with Gasteiger partial charge in [0.05, 0.1) is 7.11 Å². The van der Waals surface area contributed by atoms with E-state index < -0.39 is 0 Å². The number of rotatable bonds is 5. The maximum atomic E-state index is 13.4. The minimum absolute atomic E-state index is 0.00243. The van der Waals surface area contributed by atoms with Gasteiger partial charge in [-0.1, -0.05) is 19.3 Å². The van der Waals surface area contributed by atoms with Gasteiger partial charge in [-0.25, -0.2) is 9.37 Å². The molecule has 1 fully saturated rings. The Hall–Kier alpha value is -2.43. The third-order valence-electron chi connectivity index (χ3n) is 4.70. The lowest BCUT2D eigenvalue weighted by molar-refractivity contribution is -0.117. The lowest BCUT2D eigenvalue weighted by atomic mass is 9.87. The maximum Gasteiger partial charge on any atom is 0.225 e. The molecule has 1 saturated carbocycles. The highest BCUT2D eigenvalue weighted by Crippen LogP contribution is 2.31. The number of halogens is 1. The first-order chi connectivity index (χ1) is 12.2. The Labute approximate surface area is 147 Å². The minimum Gasteiger partial charge on any atom is -0.496 e. The molecular formula is C20H23FN2O2. The Morgan fingerprint density at radius 2 is 2.04 bits per heavy atom. The number of anilines is 1. The van der Waals surface area contributed by atoms with Crippen LogP contribution in [0, 0.1) is 11.7 Å². The number of hydrogen-bond acceptors (Lipinski definition) is 3. The van der Waals surface area contributed by atoms with Crippen molar-refractivity contribution >= 4 is 11.7 Å². The minimum atomic E-state index is -0.351. The van der Waals surface area contributed by atoms with Gasteiger partial charge in [-0.05, 0) is 48.6 Å². The average molecular weight is 342 g/mol. The summed E-state index contributed by atoms with van der Waals surface area (Å²) in [4.78, 5) is 16.5. The van der Waals surface area contributed by atoms with Gasteiger partial charge in [0, 0.05) is 24.2 Å². The normalized spacial score (nSPS) is 15.0. The van der Waals surface area contributed by atoms with E-state index in [1.807, 2.05) is 6.07 Å². The van der Waals surface area contributed by atoms with Crippen molar-refractivity contribution in [2.24, 2.45) is 5.92 Å². The van der Waals surface area contributed by atoms with Crippen molar-refractivity contribution in [2.75, 3.05) is 12.4 Å². The number of carbonyl (C=O) groups is 1. The number of nitrogens with zero attached hydrogens (tertiary/aromatic N) is 1. The van der Waals surface area contributed by atoms with Gasteiger partial charge in [0.2, 0.25) is 5.91 Å². The van der Waals surface area contributed by atoms with Crippen LogP contribution in [0.1, 0.15) is 38.5 Å². The fraction of sp³-hybridized carbons (Fsp3) is 0.400. The first-order valence-electron chi connectivity index (χ1n) is 8.75. The largest absolute Gasteiger partial charge is 0.496 e. The second-order valence-electron chi connectivity index (χ2n) is 6.53. The van der Waals surface area contributed by atoms with Gasteiger partial charge in [-0.15, -0.1) is 0 Å². The van der Waals surface area contributed by atoms with Gasteiger partial charge in [0.25, 0.3) is 0 Å². The third kappa shape index (κ3) is 4.56. The summed E-state index contributed by atoms with van der Waals surface area (Å²) < 4.78 is 18.6. The predicted octanol–water partition coefficient (Wildman–Crippen LogP) is 4.81. The second-order valence-corrected chi connectivity index (χ2v) is 6.53. The summed E-state index contributed by atoms with van der Waals surface area (Å²) in [6, 6.07) is 7.99. The zero-order valence-corrected chi connectivity index (χ0v) is 14.4. The molecule has 1 amide bonds. The highest BCUT2D eigenvalue weighted by Gasteiger charge is 2.17. The molecule has 132 valence electrons. The van der Waals surface area contributed by atoms with Gasteiger partial charge in [0.15, 0.2) is 0 Å². The van der Waals surface area contributed by atoms with Crippen molar-refractivity contribution in [1.29, 1.82) is 0 Å². The lowest BCUT2D eigenvalue weighted by Gasteiger charge is -2.20. The quantitative estimate of drug-likeness (QED) is 0.849. The summed E-state index contributed by atoms with van der Waals surface area (Å²) >= 11 is 0. The summed E-state index contributed by atoms with van der Waals surface area (Å²) in [6.07, 6.45) is 8.16. The number of amides is 1. The first kappa shape index (κ1) is 17.4. The van der Waals surface area contributed by atoms with E-state index in [2.05, 4.69) is 10.3 Å². The van der Waals surface area contributed by atoms with E-state index in [4.69, 9.17) is 4.74 Å². The zero-order valence-electron chi connectivity index (χ0n) is 14.4. The van der Waals surface area contributed by atoms with Crippen LogP contribution >= 0.6 is 0 Å². The fourth-order valence-electron chi connectivity index (χ4n) is 3.42. The van der Waals surface area contributed by atoms with Gasteiger partial charge in [0.1, 0.15) is 17.4 Å². The number of ether oxygens (including phenoxy) is 1. The molecule has 1 aromatic heterocycles. The van der Waals surface area contributed by atoms with Gasteiger partial charge in [-0.2, -0.15) is 0 Å². The van der Waals surface area contributed by atoms with E-state index in [9.17, 15) is 9.18 Å². The maximum absolute atomic E-state index is 13.4. The second kappa shape index (κ2) is 8.10. The number of pyridine rings is 1. The van der Waals surface area contributed by atoms with Crippen molar-refractivity contribution in [3.63, 3.8) is 0 Å². The molecule has 0 bridgehead atoms. The predicted molar refractivity (Wildman–Crippen MR) is 96.0 cm³/mol. The molecule has 4 nitrogen and oxygen atoms in total. The Bertz CT molecular complexity index is 742. The monoisotopic (exact) mass is 342 g/mol. The molecular weight excluding hydrogens is 319 g/mol. The van der Waals surface area contributed by atoms with E-state index in [0.717, 1.165) is 24.0 Å². The topological polar surface area (TPSA) is 51.2 Å². The van der Waals surface area contributed by atoms with Crippen LogP contribution in [0.2, 0.25) is 0 Å². The smallest absolute Gasteiger partial charge is 0.225 e. The molecule has 2 aromatic rings. The van der Waals surface area contributed by atoms with E-state index >= 15 is 0 Å². The Morgan fingerprint density at radius 3 is 2.80 bits per heavy atom. The SMILES string of the molecule is COc1cc(F)ccc1-c1ccnc(NC(=O)CC2CCCCC2)c1. The molecule has 1 heterocycles. The number of carbonyl (C=O) groups excluding carboxylic acids is 1. The summed E-state index contributed by atoms with van der Waals surface area (Å²) in [6.45, 7) is 0. The van der Waals surface area contributed by atoms with Crippen LogP contribution < -0.4 is 10.1 Å². The van der Waals surface area contributed by atoms with Gasteiger partial charge < -0.3 is 10.1 Å². The fourth-order valence-corrected chi connectivity index (χ4v) is 3.42. The van der Waals surface area contributed by atoms with Crippen molar-refractivity contribution in [3.05, 3.63) is 42.3 Å². The molecule has 0 radical (unpaired) electrons. The molecule has 0 aliphatic heterocycles. The summed E-state index contributed by atoms with van der Waals surface area (Å²) in [7, 11) is 1.51. The van der Waals surface area contributed by atoms with Crippen LogP contribution in [0.3, 0.4) is 0 Å². The molecule has 0 atom stereocenters. The molecule has 1 aliphatic rings. The molecule has 3 rings (SSSR count). The van der Waals surface area contributed by atoms with Crippen molar-refractivity contribution in [2.45, 2.75) is 38.5 Å². The number of benzene rings is 1. The summed E-state index contributed by atoms with van der Waals surface area (Å²) in [5.74, 6) is 1.09. The lowest BCUT2D eigenvalue weighted by Crippen LogP contribution is -2.18. The Morgan fingerprint density at radius 1 is 1.24 bits per heavy atom. The van der Waals surface area contributed by atoms with Crippen LogP contribution in [-0.2, 0) is 4.79 Å². The van der Waals surface area contributed by atoms with E-state index in [1.54, 1.807) is 18.3 Å². The van der Waals surface area contributed by atoms with E-state index in [0.29, 0.717) is 23.9 Å². The first-order valence-corrected chi connectivity index (χ1v) is 8.75.